The molecular weight excluding hydrogens is 333 g/mol. The maximum atomic E-state index is 13.0. The third-order valence-corrected chi connectivity index (χ3v) is 5.80. The van der Waals surface area contributed by atoms with E-state index in [-0.39, 0.29) is 11.7 Å². The number of piperazine rings is 1. The number of carbonyl (C=O) groups excluding carboxylic acids is 1. The first kappa shape index (κ1) is 16.4. The monoisotopic (exact) mass is 351 g/mol. The van der Waals surface area contributed by atoms with Crippen molar-refractivity contribution in [2.75, 3.05) is 39.0 Å². The van der Waals surface area contributed by atoms with E-state index in [4.69, 9.17) is 0 Å². The molecular formula is C16H18FN3OS2. The molecule has 0 radical (unpaired) electrons. The number of thioether (sulfide) groups is 1. The van der Waals surface area contributed by atoms with Gasteiger partial charge in [-0.2, -0.15) is 0 Å². The predicted molar refractivity (Wildman–Crippen MR) is 92.3 cm³/mol. The van der Waals surface area contributed by atoms with Crippen LogP contribution in [0.1, 0.15) is 0 Å². The quantitative estimate of drug-likeness (QED) is 0.794. The van der Waals surface area contributed by atoms with Crippen LogP contribution in [0.15, 0.2) is 34.0 Å². The molecule has 2 aromatic rings. The second-order valence-electron chi connectivity index (χ2n) is 5.48. The molecule has 1 aliphatic heterocycles. The van der Waals surface area contributed by atoms with Crippen LogP contribution in [0.3, 0.4) is 0 Å². The van der Waals surface area contributed by atoms with Gasteiger partial charge in [0.1, 0.15) is 5.82 Å². The third kappa shape index (κ3) is 4.31. The zero-order valence-corrected chi connectivity index (χ0v) is 14.5. The molecule has 1 aromatic carbocycles. The minimum atomic E-state index is -0.253. The van der Waals surface area contributed by atoms with Crippen LogP contribution < -0.4 is 0 Å². The number of carbonyl (C=O) groups is 1. The summed E-state index contributed by atoms with van der Waals surface area (Å²) in [5.41, 5.74) is 1.71. The van der Waals surface area contributed by atoms with Gasteiger partial charge in [0.2, 0.25) is 5.91 Å². The number of hydrogen-bond acceptors (Lipinski definition) is 5. The van der Waals surface area contributed by atoms with Gasteiger partial charge in [-0.3, -0.25) is 4.79 Å². The lowest BCUT2D eigenvalue weighted by molar-refractivity contribution is -0.129. The number of rotatable bonds is 4. The first-order chi connectivity index (χ1) is 11.1. The normalized spacial score (nSPS) is 15.8. The van der Waals surface area contributed by atoms with Crippen LogP contribution in [0.5, 0.6) is 0 Å². The zero-order chi connectivity index (χ0) is 16.2. The van der Waals surface area contributed by atoms with Crippen molar-refractivity contribution in [1.29, 1.82) is 0 Å². The number of aromatic nitrogens is 1. The van der Waals surface area contributed by atoms with Gasteiger partial charge in [0.15, 0.2) is 4.34 Å². The summed E-state index contributed by atoms with van der Waals surface area (Å²) in [7, 11) is 2.07. The van der Waals surface area contributed by atoms with Crippen LogP contribution in [0.4, 0.5) is 4.39 Å². The Labute approximate surface area is 143 Å². The second kappa shape index (κ2) is 7.42. The van der Waals surface area contributed by atoms with E-state index in [2.05, 4.69) is 16.9 Å². The Hall–Kier alpha value is -1.44. The van der Waals surface area contributed by atoms with Crippen LogP contribution in [0.2, 0.25) is 0 Å². The van der Waals surface area contributed by atoms with E-state index >= 15 is 0 Å². The van der Waals surface area contributed by atoms with Crippen molar-refractivity contribution in [3.05, 3.63) is 35.5 Å². The highest BCUT2D eigenvalue weighted by atomic mass is 32.2. The summed E-state index contributed by atoms with van der Waals surface area (Å²) < 4.78 is 13.8. The van der Waals surface area contributed by atoms with Gasteiger partial charge in [0.25, 0.3) is 0 Å². The molecule has 1 amide bonds. The van der Waals surface area contributed by atoms with Gasteiger partial charge in [0.05, 0.1) is 11.4 Å². The fraction of sp³-hybridized carbons (Fsp3) is 0.375. The van der Waals surface area contributed by atoms with Crippen molar-refractivity contribution in [2.24, 2.45) is 0 Å². The number of benzene rings is 1. The molecule has 1 aliphatic rings. The number of hydrogen-bond donors (Lipinski definition) is 0. The van der Waals surface area contributed by atoms with Gasteiger partial charge in [-0.1, -0.05) is 11.8 Å². The predicted octanol–water partition coefficient (Wildman–Crippen LogP) is 2.82. The highest BCUT2D eigenvalue weighted by molar-refractivity contribution is 8.01. The van der Waals surface area contributed by atoms with Crippen LogP contribution in [-0.4, -0.2) is 59.7 Å². The first-order valence-electron chi connectivity index (χ1n) is 7.42. The van der Waals surface area contributed by atoms with Crippen LogP contribution in [0.25, 0.3) is 11.3 Å². The Bertz CT molecular complexity index is 666. The summed E-state index contributed by atoms with van der Waals surface area (Å²) in [5.74, 6) is 0.332. The molecule has 0 atom stereocenters. The van der Waals surface area contributed by atoms with Gasteiger partial charge < -0.3 is 9.80 Å². The van der Waals surface area contributed by atoms with E-state index in [0.717, 1.165) is 41.8 Å². The van der Waals surface area contributed by atoms with Gasteiger partial charge in [-0.05, 0) is 31.3 Å². The largest absolute Gasteiger partial charge is 0.339 e. The van der Waals surface area contributed by atoms with Crippen LogP contribution in [0, 0.1) is 5.82 Å². The average Bonchev–Trinajstić information content (AvgIpc) is 3.03. The summed E-state index contributed by atoms with van der Waals surface area (Å²) in [6, 6.07) is 6.29. The molecule has 1 aromatic heterocycles. The summed E-state index contributed by atoms with van der Waals surface area (Å²) in [6.07, 6.45) is 0. The molecule has 0 N–H and O–H groups in total. The Morgan fingerprint density at radius 3 is 2.65 bits per heavy atom. The van der Waals surface area contributed by atoms with Crippen LogP contribution in [-0.2, 0) is 4.79 Å². The number of likely N-dealkylation sites (N-methyl/N-ethyl adjacent to an activating group) is 1. The number of halogens is 1. The molecule has 0 bridgehead atoms. The molecule has 122 valence electrons. The lowest BCUT2D eigenvalue weighted by Gasteiger charge is -2.32. The molecule has 3 rings (SSSR count). The van der Waals surface area contributed by atoms with Crippen molar-refractivity contribution in [3.63, 3.8) is 0 Å². The van der Waals surface area contributed by atoms with Crippen molar-refractivity contribution < 1.29 is 9.18 Å². The number of nitrogens with zero attached hydrogens (tertiary/aromatic N) is 3. The van der Waals surface area contributed by atoms with Gasteiger partial charge >= 0.3 is 0 Å². The van der Waals surface area contributed by atoms with Crippen molar-refractivity contribution in [1.82, 2.24) is 14.8 Å². The highest BCUT2D eigenvalue weighted by Crippen LogP contribution is 2.28. The molecule has 2 heterocycles. The van der Waals surface area contributed by atoms with Crippen molar-refractivity contribution in [2.45, 2.75) is 4.34 Å². The second-order valence-corrected chi connectivity index (χ2v) is 7.56. The molecule has 1 fully saturated rings. The van der Waals surface area contributed by atoms with E-state index < -0.39 is 0 Å². The fourth-order valence-corrected chi connectivity index (χ4v) is 4.09. The Morgan fingerprint density at radius 1 is 1.26 bits per heavy atom. The van der Waals surface area contributed by atoms with Gasteiger partial charge in [0, 0.05) is 37.1 Å². The molecule has 4 nitrogen and oxygen atoms in total. The summed E-state index contributed by atoms with van der Waals surface area (Å²) in [5, 5.41) is 1.94. The Morgan fingerprint density at radius 2 is 1.96 bits per heavy atom. The molecule has 0 unspecified atom stereocenters. The first-order valence-corrected chi connectivity index (χ1v) is 9.29. The molecule has 1 saturated heterocycles. The smallest absolute Gasteiger partial charge is 0.233 e. The molecule has 23 heavy (non-hydrogen) atoms. The minimum absolute atomic E-state index is 0.168. The van der Waals surface area contributed by atoms with Gasteiger partial charge in [-0.15, -0.1) is 11.3 Å². The van der Waals surface area contributed by atoms with Crippen molar-refractivity contribution in [3.8, 4) is 11.3 Å². The fourth-order valence-electron chi connectivity index (χ4n) is 2.35. The summed E-state index contributed by atoms with van der Waals surface area (Å²) in [6.45, 7) is 3.47. The lowest BCUT2D eigenvalue weighted by atomic mass is 10.2. The van der Waals surface area contributed by atoms with E-state index in [1.807, 2.05) is 10.3 Å². The Kier molecular flexibility index (Phi) is 5.30. The lowest BCUT2D eigenvalue weighted by Crippen LogP contribution is -2.47. The van der Waals surface area contributed by atoms with Crippen molar-refractivity contribution >= 4 is 29.0 Å². The topological polar surface area (TPSA) is 36.4 Å². The van der Waals surface area contributed by atoms with Crippen LogP contribution >= 0.6 is 23.1 Å². The van der Waals surface area contributed by atoms with E-state index in [0.29, 0.717) is 5.75 Å². The highest BCUT2D eigenvalue weighted by Gasteiger charge is 2.19. The average molecular weight is 351 g/mol. The van der Waals surface area contributed by atoms with E-state index in [9.17, 15) is 9.18 Å². The van der Waals surface area contributed by atoms with E-state index in [1.54, 1.807) is 12.1 Å². The Balaban J connectivity index is 1.55. The standard InChI is InChI=1S/C16H18FN3OS2/c1-19-6-8-20(9-7-19)15(21)11-23-16-18-14(10-22-16)12-2-4-13(17)5-3-12/h2-5,10H,6-9,11H2,1H3. The summed E-state index contributed by atoms with van der Waals surface area (Å²) >= 11 is 2.99. The maximum Gasteiger partial charge on any atom is 0.233 e. The third-order valence-electron chi connectivity index (χ3n) is 3.80. The number of amides is 1. The zero-order valence-electron chi connectivity index (χ0n) is 12.9. The van der Waals surface area contributed by atoms with E-state index in [1.165, 1.54) is 35.2 Å². The maximum absolute atomic E-state index is 13.0. The molecule has 0 aliphatic carbocycles. The molecule has 0 saturated carbocycles. The molecule has 7 heteroatoms. The SMILES string of the molecule is CN1CCN(C(=O)CSc2nc(-c3ccc(F)cc3)cs2)CC1. The molecule has 0 spiro atoms. The summed E-state index contributed by atoms with van der Waals surface area (Å²) in [4.78, 5) is 20.9. The van der Waals surface area contributed by atoms with Gasteiger partial charge in [-0.25, -0.2) is 9.37 Å². The number of thiazole rings is 1. The minimum Gasteiger partial charge on any atom is -0.339 e.